The number of nitriles is 1. The third kappa shape index (κ3) is 1.66. The maximum atomic E-state index is 8.63. The van der Waals surface area contributed by atoms with E-state index in [-0.39, 0.29) is 0 Å². The predicted octanol–water partition coefficient (Wildman–Crippen LogP) is 2.15. The van der Waals surface area contributed by atoms with Gasteiger partial charge in [0.2, 0.25) is 0 Å². The van der Waals surface area contributed by atoms with Gasteiger partial charge in [-0.15, -0.1) is 11.3 Å². The van der Waals surface area contributed by atoms with Gasteiger partial charge in [0, 0.05) is 22.5 Å². The number of aromatic nitrogens is 4. The summed E-state index contributed by atoms with van der Waals surface area (Å²) in [5.41, 5.74) is 2.55. The number of fused-ring (bicyclic) bond motifs is 1. The minimum atomic E-state index is 0.343. The molecule has 0 fully saturated rings. The highest BCUT2D eigenvalue weighted by molar-refractivity contribution is 7.13. The molecule has 0 atom stereocenters. The number of rotatable bonds is 2. The van der Waals surface area contributed by atoms with Crippen molar-refractivity contribution in [3.05, 3.63) is 29.5 Å². The van der Waals surface area contributed by atoms with Gasteiger partial charge in [0.1, 0.15) is 5.01 Å². The van der Waals surface area contributed by atoms with Crippen molar-refractivity contribution in [2.75, 3.05) is 0 Å². The van der Waals surface area contributed by atoms with Crippen LogP contribution < -0.4 is 0 Å². The van der Waals surface area contributed by atoms with Gasteiger partial charge < -0.3 is 0 Å². The molecule has 0 saturated carbocycles. The van der Waals surface area contributed by atoms with Crippen molar-refractivity contribution < 1.29 is 0 Å². The fraction of sp³-hybridized carbons (Fsp3) is 0.0909. The van der Waals surface area contributed by atoms with Gasteiger partial charge in [0.15, 0.2) is 5.65 Å². The van der Waals surface area contributed by atoms with Gasteiger partial charge >= 0.3 is 0 Å². The number of hydrogen-bond acceptors (Lipinski definition) is 5. The van der Waals surface area contributed by atoms with E-state index in [9.17, 15) is 0 Å². The Bertz CT molecular complexity index is 706. The van der Waals surface area contributed by atoms with Crippen molar-refractivity contribution in [1.29, 1.82) is 5.26 Å². The van der Waals surface area contributed by atoms with Gasteiger partial charge in [-0.2, -0.15) is 10.4 Å². The molecule has 0 spiro atoms. The quantitative estimate of drug-likeness (QED) is 0.745. The van der Waals surface area contributed by atoms with E-state index in [2.05, 4.69) is 26.2 Å². The summed E-state index contributed by atoms with van der Waals surface area (Å²) in [6.45, 7) is 0. The van der Waals surface area contributed by atoms with Gasteiger partial charge in [-0.1, -0.05) is 0 Å². The summed E-state index contributed by atoms with van der Waals surface area (Å²) in [7, 11) is 0. The van der Waals surface area contributed by atoms with E-state index >= 15 is 0 Å². The molecular weight excluding hydrogens is 234 g/mol. The molecule has 1 N–H and O–H groups in total. The van der Waals surface area contributed by atoms with Crippen molar-refractivity contribution in [1.82, 2.24) is 20.2 Å². The smallest absolute Gasteiger partial charge is 0.155 e. The highest BCUT2D eigenvalue weighted by Gasteiger charge is 2.09. The highest BCUT2D eigenvalue weighted by Crippen LogP contribution is 2.28. The predicted molar refractivity (Wildman–Crippen MR) is 64.3 cm³/mol. The molecule has 6 heteroatoms. The van der Waals surface area contributed by atoms with Crippen LogP contribution in [-0.2, 0) is 6.42 Å². The molecule has 0 aromatic carbocycles. The van der Waals surface area contributed by atoms with Crippen LogP contribution in [-0.4, -0.2) is 20.2 Å². The maximum absolute atomic E-state index is 8.63. The van der Waals surface area contributed by atoms with E-state index in [0.717, 1.165) is 27.3 Å². The van der Waals surface area contributed by atoms with Crippen LogP contribution in [0.1, 0.15) is 5.69 Å². The number of H-pyrrole nitrogens is 1. The molecule has 3 rings (SSSR count). The molecule has 0 aliphatic rings. The van der Waals surface area contributed by atoms with Gasteiger partial charge in [-0.3, -0.25) is 5.10 Å². The lowest BCUT2D eigenvalue weighted by Gasteiger charge is -1.96. The van der Waals surface area contributed by atoms with Crippen molar-refractivity contribution in [2.45, 2.75) is 6.42 Å². The Kier molecular flexibility index (Phi) is 2.31. The molecule has 0 radical (unpaired) electrons. The van der Waals surface area contributed by atoms with E-state index < -0.39 is 0 Å². The minimum Gasteiger partial charge on any atom is -0.261 e. The monoisotopic (exact) mass is 241 g/mol. The molecule has 3 aromatic heterocycles. The lowest BCUT2D eigenvalue weighted by Crippen LogP contribution is -1.84. The third-order valence-corrected chi connectivity index (χ3v) is 3.32. The lowest BCUT2D eigenvalue weighted by molar-refractivity contribution is 1.10. The Balaban J connectivity index is 2.14. The molecule has 0 aliphatic carbocycles. The average molecular weight is 241 g/mol. The molecule has 5 nitrogen and oxygen atoms in total. The van der Waals surface area contributed by atoms with Crippen LogP contribution in [0, 0.1) is 11.3 Å². The summed E-state index contributed by atoms with van der Waals surface area (Å²) in [4.78, 5) is 8.60. The maximum Gasteiger partial charge on any atom is 0.155 e. The second kappa shape index (κ2) is 3.96. The van der Waals surface area contributed by atoms with Crippen LogP contribution in [0.15, 0.2) is 23.8 Å². The zero-order valence-electron chi connectivity index (χ0n) is 8.71. The number of nitrogens with zero attached hydrogens (tertiary/aromatic N) is 4. The molecular formula is C11H7N5S. The Morgan fingerprint density at radius 2 is 2.41 bits per heavy atom. The molecule has 0 aliphatic heterocycles. The topological polar surface area (TPSA) is 78.2 Å². The molecule has 0 bridgehead atoms. The van der Waals surface area contributed by atoms with Crippen LogP contribution in [0.25, 0.3) is 21.6 Å². The Hall–Kier alpha value is -2.26. The summed E-state index contributed by atoms with van der Waals surface area (Å²) in [5, 5.41) is 19.2. The highest BCUT2D eigenvalue weighted by atomic mass is 32.1. The number of hydrogen-bond donors (Lipinski definition) is 1. The van der Waals surface area contributed by atoms with E-state index in [0.29, 0.717) is 6.42 Å². The van der Waals surface area contributed by atoms with E-state index in [1.165, 1.54) is 11.3 Å². The Morgan fingerprint density at radius 3 is 3.29 bits per heavy atom. The first kappa shape index (κ1) is 9.93. The number of pyridine rings is 1. The number of nitrogens with one attached hydrogen (secondary N) is 1. The molecule has 3 heterocycles. The van der Waals surface area contributed by atoms with Crippen LogP contribution in [0.5, 0.6) is 0 Å². The lowest BCUT2D eigenvalue weighted by atomic mass is 10.2. The van der Waals surface area contributed by atoms with Gasteiger partial charge in [-0.25, -0.2) is 9.97 Å². The van der Waals surface area contributed by atoms with Gasteiger partial charge in [-0.05, 0) is 6.07 Å². The fourth-order valence-corrected chi connectivity index (χ4v) is 2.49. The summed E-state index contributed by atoms with van der Waals surface area (Å²) >= 11 is 1.53. The zero-order valence-corrected chi connectivity index (χ0v) is 9.53. The summed E-state index contributed by atoms with van der Waals surface area (Å²) in [5.74, 6) is 0. The summed E-state index contributed by atoms with van der Waals surface area (Å²) in [6, 6.07) is 4.00. The SMILES string of the molecule is N#CCc1csc(-c2ccnc3[nH]ncc23)n1. The van der Waals surface area contributed by atoms with E-state index in [1.54, 1.807) is 12.4 Å². The third-order valence-electron chi connectivity index (χ3n) is 2.40. The van der Waals surface area contributed by atoms with Crippen LogP contribution in [0.3, 0.4) is 0 Å². The second-order valence-corrected chi connectivity index (χ2v) is 4.33. The molecule has 17 heavy (non-hydrogen) atoms. The molecule has 3 aromatic rings. The second-order valence-electron chi connectivity index (χ2n) is 3.47. The Morgan fingerprint density at radius 1 is 1.47 bits per heavy atom. The first-order valence-corrected chi connectivity index (χ1v) is 5.86. The largest absolute Gasteiger partial charge is 0.261 e. The van der Waals surface area contributed by atoms with Crippen LogP contribution >= 0.6 is 11.3 Å². The minimum absolute atomic E-state index is 0.343. The molecule has 82 valence electrons. The van der Waals surface area contributed by atoms with Gasteiger partial charge in [0.05, 0.1) is 24.4 Å². The zero-order chi connectivity index (χ0) is 11.7. The summed E-state index contributed by atoms with van der Waals surface area (Å²) in [6.07, 6.45) is 3.81. The van der Waals surface area contributed by atoms with E-state index in [4.69, 9.17) is 5.26 Å². The van der Waals surface area contributed by atoms with Crippen LogP contribution in [0.4, 0.5) is 0 Å². The number of aromatic amines is 1. The fourth-order valence-electron chi connectivity index (χ4n) is 1.63. The first-order valence-electron chi connectivity index (χ1n) is 4.98. The molecule has 0 amide bonds. The summed E-state index contributed by atoms with van der Waals surface area (Å²) < 4.78 is 0. The van der Waals surface area contributed by atoms with Crippen molar-refractivity contribution >= 4 is 22.4 Å². The Labute approximate surface area is 101 Å². The van der Waals surface area contributed by atoms with Gasteiger partial charge in [0.25, 0.3) is 0 Å². The standard InChI is InChI=1S/C11H7N5S/c12-3-1-7-6-17-11(15-7)8-2-4-13-10-9(8)5-14-16-10/h2,4-6H,1H2,(H,13,14,16). The van der Waals surface area contributed by atoms with Crippen molar-refractivity contribution in [2.24, 2.45) is 0 Å². The molecule has 0 saturated heterocycles. The first-order chi connectivity index (χ1) is 8.38. The van der Waals surface area contributed by atoms with Crippen molar-refractivity contribution in [3.8, 4) is 16.6 Å². The van der Waals surface area contributed by atoms with Crippen molar-refractivity contribution in [3.63, 3.8) is 0 Å². The van der Waals surface area contributed by atoms with E-state index in [1.807, 2.05) is 11.4 Å². The average Bonchev–Trinajstić information content (AvgIpc) is 2.96. The number of thiazole rings is 1. The molecule has 0 unspecified atom stereocenters. The normalized spacial score (nSPS) is 10.5. The van der Waals surface area contributed by atoms with Crippen LogP contribution in [0.2, 0.25) is 0 Å².